The Labute approximate surface area is 257 Å². The molecule has 11 heteroatoms. The highest BCUT2D eigenvalue weighted by Crippen LogP contribution is 2.43. The molecular weight excluding hydrogens is 584 g/mol. The zero-order valence-corrected chi connectivity index (χ0v) is 24.6. The van der Waals surface area contributed by atoms with Crippen LogP contribution in [-0.2, 0) is 0 Å². The Hall–Kier alpha value is -4.14. The van der Waals surface area contributed by atoms with Crippen LogP contribution in [0.5, 0.6) is 6.01 Å². The molecule has 2 unspecified atom stereocenters. The van der Waals surface area contributed by atoms with Gasteiger partial charge in [-0.1, -0.05) is 12.0 Å². The molecule has 0 aliphatic carbocycles. The minimum Gasteiger partial charge on any atom is -0.461 e. The molecule has 1 aromatic heterocycles. The lowest BCUT2D eigenvalue weighted by atomic mass is 9.92. The molecule has 8 rings (SSSR count). The fourth-order valence-corrected chi connectivity index (χ4v) is 8.10. The molecule has 3 aromatic carbocycles. The van der Waals surface area contributed by atoms with Crippen LogP contribution in [0, 0.1) is 29.8 Å². The second-order valence-corrected chi connectivity index (χ2v) is 12.9. The third kappa shape index (κ3) is 4.49. The quantitative estimate of drug-likeness (QED) is 0.178. The number of rotatable bonds is 5. The second kappa shape index (κ2) is 10.5. The van der Waals surface area contributed by atoms with Crippen molar-refractivity contribution in [3.63, 3.8) is 0 Å². The predicted octanol–water partition coefficient (Wildman–Crippen LogP) is 5.33. The number of alkyl halides is 1. The van der Waals surface area contributed by atoms with Crippen molar-refractivity contribution in [1.82, 2.24) is 20.2 Å². The molecule has 0 saturated carbocycles. The van der Waals surface area contributed by atoms with Gasteiger partial charge in [0.1, 0.15) is 29.9 Å². The SMILES string of the molecule is C#Cc1c(F)ccc2c(F)c(N)cc(-c3ccc4c(N5CC6CCC(C5)N6)nc(OC[C@@]56CCCN5C[C@H](F)C6)nc4c3F)c12. The molecule has 4 aliphatic heterocycles. The number of terminal acetylenes is 1. The van der Waals surface area contributed by atoms with E-state index in [9.17, 15) is 8.78 Å². The Morgan fingerprint density at radius 2 is 1.80 bits per heavy atom. The normalized spacial score (nSPS) is 26.1. The van der Waals surface area contributed by atoms with Crippen molar-refractivity contribution in [2.45, 2.75) is 55.9 Å². The number of nitrogens with zero attached hydrogens (tertiary/aromatic N) is 4. The molecule has 2 bridgehead atoms. The van der Waals surface area contributed by atoms with Gasteiger partial charge in [0.2, 0.25) is 0 Å². The molecule has 4 aliphatic rings. The van der Waals surface area contributed by atoms with Gasteiger partial charge in [0, 0.05) is 59.9 Å². The summed E-state index contributed by atoms with van der Waals surface area (Å²) in [6.45, 7) is 2.76. The molecule has 7 nitrogen and oxygen atoms in total. The first-order valence-electron chi connectivity index (χ1n) is 15.4. The van der Waals surface area contributed by atoms with E-state index < -0.39 is 29.2 Å². The molecule has 4 aromatic rings. The van der Waals surface area contributed by atoms with Crippen LogP contribution in [0.3, 0.4) is 0 Å². The number of halogens is 4. The van der Waals surface area contributed by atoms with Crippen LogP contribution in [0.2, 0.25) is 0 Å². The van der Waals surface area contributed by atoms with Gasteiger partial charge >= 0.3 is 6.01 Å². The Kier molecular flexibility index (Phi) is 6.59. The van der Waals surface area contributed by atoms with Gasteiger partial charge in [0.25, 0.3) is 0 Å². The first-order valence-corrected chi connectivity index (χ1v) is 15.4. The number of nitrogen functional groups attached to an aromatic ring is 1. The minimum absolute atomic E-state index is 0.00167. The fraction of sp³-hybridized carbons (Fsp3) is 0.412. The Morgan fingerprint density at radius 3 is 2.58 bits per heavy atom. The van der Waals surface area contributed by atoms with Crippen LogP contribution in [0.15, 0.2) is 30.3 Å². The molecule has 232 valence electrons. The number of anilines is 2. The topological polar surface area (TPSA) is 79.5 Å². The van der Waals surface area contributed by atoms with Crippen molar-refractivity contribution >= 4 is 33.2 Å². The summed E-state index contributed by atoms with van der Waals surface area (Å²) in [6.07, 6.45) is 8.95. The highest BCUT2D eigenvalue weighted by molar-refractivity contribution is 6.05. The fourth-order valence-electron chi connectivity index (χ4n) is 8.10. The summed E-state index contributed by atoms with van der Waals surface area (Å²) in [5.74, 6) is 0.638. The van der Waals surface area contributed by atoms with E-state index in [2.05, 4.69) is 26.0 Å². The Bertz CT molecular complexity index is 1900. The summed E-state index contributed by atoms with van der Waals surface area (Å²) < 4.78 is 67.5. The highest BCUT2D eigenvalue weighted by Gasteiger charge is 2.49. The summed E-state index contributed by atoms with van der Waals surface area (Å²) in [5.41, 5.74) is 5.36. The van der Waals surface area contributed by atoms with E-state index in [1.54, 1.807) is 12.1 Å². The monoisotopic (exact) mass is 616 g/mol. The molecule has 0 amide bonds. The minimum atomic E-state index is -0.922. The summed E-state index contributed by atoms with van der Waals surface area (Å²) in [7, 11) is 0. The van der Waals surface area contributed by atoms with Crippen molar-refractivity contribution in [2.24, 2.45) is 0 Å². The van der Waals surface area contributed by atoms with E-state index in [0.29, 0.717) is 49.3 Å². The molecule has 5 heterocycles. The standard InChI is InChI=1S/C34H32F4N6O/c1-2-21-26(36)9-8-23-28(21)25(12-27(39)29(23)37)22-6-7-24-31(30(22)38)41-33(42-32(24)43-15-19-4-5-20(16-43)40-19)45-17-34-10-3-11-44(34)14-18(35)13-34/h1,6-9,12,18-20,40H,3-5,10-11,13-17,39H2/t18-,19?,20?,34+/m1/s1. The average Bonchev–Trinajstić information content (AvgIpc) is 3.68. The van der Waals surface area contributed by atoms with Crippen molar-refractivity contribution in [2.75, 3.05) is 43.4 Å². The van der Waals surface area contributed by atoms with Gasteiger partial charge in [0.15, 0.2) is 11.6 Å². The predicted molar refractivity (Wildman–Crippen MR) is 165 cm³/mol. The first-order chi connectivity index (χ1) is 21.7. The van der Waals surface area contributed by atoms with Gasteiger partial charge < -0.3 is 20.7 Å². The zero-order chi connectivity index (χ0) is 31.0. The largest absolute Gasteiger partial charge is 0.461 e. The lowest BCUT2D eigenvalue weighted by Gasteiger charge is -2.34. The summed E-state index contributed by atoms with van der Waals surface area (Å²) in [4.78, 5) is 13.6. The maximum Gasteiger partial charge on any atom is 0.319 e. The highest BCUT2D eigenvalue weighted by atomic mass is 19.1. The number of aromatic nitrogens is 2. The van der Waals surface area contributed by atoms with Crippen LogP contribution in [0.1, 0.15) is 37.7 Å². The van der Waals surface area contributed by atoms with E-state index in [4.69, 9.17) is 21.9 Å². The molecule has 4 atom stereocenters. The van der Waals surface area contributed by atoms with E-state index in [0.717, 1.165) is 38.3 Å². The van der Waals surface area contributed by atoms with Crippen molar-refractivity contribution < 1.29 is 22.3 Å². The summed E-state index contributed by atoms with van der Waals surface area (Å²) in [5, 5.41) is 4.13. The van der Waals surface area contributed by atoms with E-state index >= 15 is 8.78 Å². The zero-order valence-electron chi connectivity index (χ0n) is 24.6. The number of fused-ring (bicyclic) bond motifs is 5. The third-order valence-corrected chi connectivity index (χ3v) is 10.2. The number of nitrogens with one attached hydrogen (secondary N) is 1. The number of hydrogen-bond acceptors (Lipinski definition) is 7. The Morgan fingerprint density at radius 1 is 1.02 bits per heavy atom. The van der Waals surface area contributed by atoms with Crippen molar-refractivity contribution in [1.29, 1.82) is 0 Å². The van der Waals surface area contributed by atoms with Gasteiger partial charge in [-0.25, -0.2) is 17.6 Å². The molecule has 45 heavy (non-hydrogen) atoms. The van der Waals surface area contributed by atoms with E-state index in [1.165, 1.54) is 12.1 Å². The van der Waals surface area contributed by atoms with Crippen LogP contribution >= 0.6 is 0 Å². The van der Waals surface area contributed by atoms with Gasteiger partial charge in [-0.2, -0.15) is 9.97 Å². The number of ether oxygens (including phenoxy) is 1. The van der Waals surface area contributed by atoms with Crippen LogP contribution < -0.4 is 20.7 Å². The third-order valence-electron chi connectivity index (χ3n) is 10.2. The van der Waals surface area contributed by atoms with E-state index in [1.807, 2.05) is 0 Å². The lowest BCUT2D eigenvalue weighted by Crippen LogP contribution is -2.51. The number of nitrogens with two attached hydrogens (primary N) is 1. The van der Waals surface area contributed by atoms with Crippen LogP contribution in [-0.4, -0.2) is 71.4 Å². The smallest absolute Gasteiger partial charge is 0.319 e. The summed E-state index contributed by atoms with van der Waals surface area (Å²) in [6, 6.07) is 7.45. The molecule has 0 radical (unpaired) electrons. The van der Waals surface area contributed by atoms with Gasteiger partial charge in [-0.15, -0.1) is 6.42 Å². The number of benzene rings is 3. The number of piperazine rings is 1. The van der Waals surface area contributed by atoms with Crippen molar-refractivity contribution in [3.05, 3.63) is 53.3 Å². The molecular formula is C34H32F4N6O. The number of hydrogen-bond donors (Lipinski definition) is 2. The molecule has 4 fully saturated rings. The Balaban J connectivity index is 1.29. The average molecular weight is 617 g/mol. The summed E-state index contributed by atoms with van der Waals surface area (Å²) >= 11 is 0. The van der Waals surface area contributed by atoms with Gasteiger partial charge in [-0.3, -0.25) is 4.90 Å². The first kappa shape index (κ1) is 28.3. The van der Waals surface area contributed by atoms with Gasteiger partial charge in [-0.05, 0) is 62.1 Å². The van der Waals surface area contributed by atoms with E-state index in [-0.39, 0.29) is 51.3 Å². The second-order valence-electron chi connectivity index (χ2n) is 12.9. The van der Waals surface area contributed by atoms with Gasteiger partial charge in [0.05, 0.1) is 16.8 Å². The molecule has 3 N–H and O–H groups in total. The van der Waals surface area contributed by atoms with Crippen LogP contribution in [0.25, 0.3) is 32.8 Å². The maximum atomic E-state index is 16.8. The van der Waals surface area contributed by atoms with Crippen molar-refractivity contribution in [3.8, 4) is 29.5 Å². The van der Waals surface area contributed by atoms with Crippen LogP contribution in [0.4, 0.5) is 29.1 Å². The molecule has 4 saturated heterocycles. The maximum absolute atomic E-state index is 16.8. The molecule has 0 spiro atoms. The lowest BCUT2D eigenvalue weighted by molar-refractivity contribution is 0.107.